The number of thioether (sulfide) groups is 1. The Labute approximate surface area is 177 Å². The maximum absolute atomic E-state index is 12.3. The number of nitrogens with one attached hydrogen (secondary N) is 2. The van der Waals surface area contributed by atoms with Gasteiger partial charge in [-0.25, -0.2) is 4.98 Å². The zero-order valence-electron chi connectivity index (χ0n) is 15.3. The summed E-state index contributed by atoms with van der Waals surface area (Å²) >= 11 is 7.45. The molecule has 5 nitrogen and oxygen atoms in total. The molecule has 4 aromatic rings. The Morgan fingerprint density at radius 2 is 1.69 bits per heavy atom. The van der Waals surface area contributed by atoms with E-state index in [0.29, 0.717) is 27.3 Å². The Morgan fingerprint density at radius 1 is 0.966 bits per heavy atom. The molecular weight excluding hydrogens is 404 g/mol. The number of hydrogen-bond donors (Lipinski definition) is 2. The fourth-order valence-corrected chi connectivity index (χ4v) is 3.55. The van der Waals surface area contributed by atoms with Crippen LogP contribution in [0, 0.1) is 0 Å². The first-order valence-corrected chi connectivity index (χ1v) is 10.3. The number of anilines is 1. The molecule has 0 bridgehead atoms. The standard InChI is InChI=1S/C22H17ClN4OS/c23-18-12-10-16(11-13-18)20-25-22(27-26-20)29-14-15-6-8-17(9-7-15)21(28)24-19-4-2-1-3-5-19/h1-13H,14H2,(H,24,28)(H,25,26,27). The molecule has 0 saturated heterocycles. The van der Waals surface area contributed by atoms with E-state index in [1.807, 2.05) is 78.9 Å². The van der Waals surface area contributed by atoms with Crippen LogP contribution in [0.3, 0.4) is 0 Å². The monoisotopic (exact) mass is 420 g/mol. The lowest BCUT2D eigenvalue weighted by molar-refractivity contribution is 0.102. The molecule has 0 unspecified atom stereocenters. The van der Waals surface area contributed by atoms with Gasteiger partial charge in [-0.2, -0.15) is 0 Å². The minimum absolute atomic E-state index is 0.128. The van der Waals surface area contributed by atoms with Crippen molar-refractivity contribution in [2.45, 2.75) is 10.9 Å². The van der Waals surface area contributed by atoms with E-state index in [1.54, 1.807) is 0 Å². The number of rotatable bonds is 6. The molecule has 0 spiro atoms. The van der Waals surface area contributed by atoms with Gasteiger partial charge in [-0.05, 0) is 54.1 Å². The molecule has 0 fully saturated rings. The van der Waals surface area contributed by atoms with Gasteiger partial charge in [0, 0.05) is 27.6 Å². The van der Waals surface area contributed by atoms with E-state index in [9.17, 15) is 4.79 Å². The van der Waals surface area contributed by atoms with Gasteiger partial charge >= 0.3 is 0 Å². The van der Waals surface area contributed by atoms with Crippen molar-refractivity contribution in [3.63, 3.8) is 0 Å². The van der Waals surface area contributed by atoms with Gasteiger partial charge < -0.3 is 5.32 Å². The topological polar surface area (TPSA) is 70.7 Å². The van der Waals surface area contributed by atoms with Gasteiger partial charge in [-0.15, -0.1) is 5.10 Å². The van der Waals surface area contributed by atoms with Crippen LogP contribution in [0.15, 0.2) is 84.0 Å². The molecule has 144 valence electrons. The molecule has 3 aromatic carbocycles. The third-order valence-corrected chi connectivity index (χ3v) is 5.37. The van der Waals surface area contributed by atoms with E-state index >= 15 is 0 Å². The molecule has 0 aliphatic heterocycles. The lowest BCUT2D eigenvalue weighted by Crippen LogP contribution is -2.11. The molecule has 7 heteroatoms. The minimum Gasteiger partial charge on any atom is -0.322 e. The first kappa shape index (κ1) is 19.2. The van der Waals surface area contributed by atoms with Crippen molar-refractivity contribution in [2.24, 2.45) is 0 Å². The van der Waals surface area contributed by atoms with Crippen LogP contribution in [-0.2, 0) is 5.75 Å². The highest BCUT2D eigenvalue weighted by Gasteiger charge is 2.08. The Morgan fingerprint density at radius 3 is 2.41 bits per heavy atom. The molecule has 0 saturated carbocycles. The van der Waals surface area contributed by atoms with E-state index < -0.39 is 0 Å². The van der Waals surface area contributed by atoms with E-state index in [4.69, 9.17) is 11.6 Å². The molecule has 0 atom stereocenters. The molecule has 4 rings (SSSR count). The molecule has 1 amide bonds. The Hall–Kier alpha value is -3.09. The van der Waals surface area contributed by atoms with E-state index in [1.165, 1.54) is 11.8 Å². The molecular formula is C22H17ClN4OS. The zero-order chi connectivity index (χ0) is 20.1. The number of carbonyl (C=O) groups excluding carboxylic acids is 1. The largest absolute Gasteiger partial charge is 0.322 e. The summed E-state index contributed by atoms with van der Waals surface area (Å²) in [6.07, 6.45) is 0. The highest BCUT2D eigenvalue weighted by atomic mass is 35.5. The van der Waals surface area contributed by atoms with Crippen LogP contribution in [-0.4, -0.2) is 21.1 Å². The maximum atomic E-state index is 12.3. The number of aromatic amines is 1. The number of amides is 1. The number of nitrogens with zero attached hydrogens (tertiary/aromatic N) is 2. The number of aromatic nitrogens is 3. The van der Waals surface area contributed by atoms with Crippen molar-refractivity contribution >= 4 is 35.0 Å². The summed E-state index contributed by atoms with van der Waals surface area (Å²) in [4.78, 5) is 16.8. The first-order valence-electron chi connectivity index (χ1n) is 8.94. The second-order valence-electron chi connectivity index (χ2n) is 6.28. The summed E-state index contributed by atoms with van der Waals surface area (Å²) in [5.41, 5.74) is 3.41. The maximum Gasteiger partial charge on any atom is 0.255 e. The highest BCUT2D eigenvalue weighted by Crippen LogP contribution is 2.23. The van der Waals surface area contributed by atoms with Crippen molar-refractivity contribution in [1.82, 2.24) is 15.2 Å². The number of carbonyl (C=O) groups is 1. The van der Waals surface area contributed by atoms with E-state index in [0.717, 1.165) is 16.8 Å². The fraction of sp³-hybridized carbons (Fsp3) is 0.0455. The quantitative estimate of drug-likeness (QED) is 0.394. The fourth-order valence-electron chi connectivity index (χ4n) is 2.67. The number of halogens is 1. The van der Waals surface area contributed by atoms with Gasteiger partial charge in [0.25, 0.3) is 5.91 Å². The molecule has 2 N–H and O–H groups in total. The normalized spacial score (nSPS) is 10.7. The van der Waals surface area contributed by atoms with Crippen LogP contribution in [0.5, 0.6) is 0 Å². The second kappa shape index (κ2) is 8.94. The number of para-hydroxylation sites is 1. The highest BCUT2D eigenvalue weighted by molar-refractivity contribution is 7.98. The number of benzene rings is 3. The van der Waals surface area contributed by atoms with Gasteiger partial charge in [0.15, 0.2) is 5.82 Å². The predicted molar refractivity (Wildman–Crippen MR) is 117 cm³/mol. The van der Waals surface area contributed by atoms with Gasteiger partial charge in [-0.1, -0.05) is 53.7 Å². The molecule has 1 heterocycles. The lowest BCUT2D eigenvalue weighted by atomic mass is 10.1. The third kappa shape index (κ3) is 5.04. The third-order valence-electron chi connectivity index (χ3n) is 4.20. The van der Waals surface area contributed by atoms with Crippen molar-refractivity contribution in [3.05, 3.63) is 95.0 Å². The zero-order valence-corrected chi connectivity index (χ0v) is 16.9. The molecule has 0 aliphatic carbocycles. The number of H-pyrrole nitrogens is 1. The van der Waals surface area contributed by atoms with Crippen molar-refractivity contribution < 1.29 is 4.79 Å². The van der Waals surface area contributed by atoms with Gasteiger partial charge in [0.1, 0.15) is 0 Å². The summed E-state index contributed by atoms with van der Waals surface area (Å²) in [7, 11) is 0. The minimum atomic E-state index is -0.128. The van der Waals surface area contributed by atoms with Crippen molar-refractivity contribution in [3.8, 4) is 11.4 Å². The average Bonchev–Trinajstić information content (AvgIpc) is 3.23. The summed E-state index contributed by atoms with van der Waals surface area (Å²) in [6.45, 7) is 0. The van der Waals surface area contributed by atoms with Gasteiger partial charge in [-0.3, -0.25) is 9.89 Å². The molecule has 0 aliphatic rings. The van der Waals surface area contributed by atoms with Crippen LogP contribution < -0.4 is 5.32 Å². The van der Waals surface area contributed by atoms with Gasteiger partial charge in [0.05, 0.1) is 0 Å². The molecule has 1 aromatic heterocycles. The molecule has 29 heavy (non-hydrogen) atoms. The molecule has 0 radical (unpaired) electrons. The Balaban J connectivity index is 1.35. The number of hydrogen-bond acceptors (Lipinski definition) is 4. The van der Waals surface area contributed by atoms with E-state index in [2.05, 4.69) is 20.5 Å². The van der Waals surface area contributed by atoms with Crippen molar-refractivity contribution in [2.75, 3.05) is 5.32 Å². The summed E-state index contributed by atoms with van der Waals surface area (Å²) in [5, 5.41) is 11.4. The SMILES string of the molecule is O=C(Nc1ccccc1)c1ccc(CSc2n[nH]c(-c3ccc(Cl)cc3)n2)cc1. The summed E-state index contributed by atoms with van der Waals surface area (Å²) in [6, 6.07) is 24.4. The first-order chi connectivity index (χ1) is 14.2. The van der Waals surface area contributed by atoms with Crippen molar-refractivity contribution in [1.29, 1.82) is 0 Å². The summed E-state index contributed by atoms with van der Waals surface area (Å²) in [5.74, 6) is 1.28. The predicted octanol–water partition coefficient (Wildman–Crippen LogP) is 5.67. The van der Waals surface area contributed by atoms with Crippen LogP contribution in [0.1, 0.15) is 15.9 Å². The van der Waals surface area contributed by atoms with Crippen LogP contribution in [0.4, 0.5) is 5.69 Å². The summed E-state index contributed by atoms with van der Waals surface area (Å²) < 4.78 is 0. The smallest absolute Gasteiger partial charge is 0.255 e. The Kier molecular flexibility index (Phi) is 5.93. The van der Waals surface area contributed by atoms with Crippen LogP contribution in [0.2, 0.25) is 5.02 Å². The van der Waals surface area contributed by atoms with Crippen LogP contribution in [0.25, 0.3) is 11.4 Å². The Bertz CT molecular complexity index is 1100. The second-order valence-corrected chi connectivity index (χ2v) is 7.66. The average molecular weight is 421 g/mol. The lowest BCUT2D eigenvalue weighted by Gasteiger charge is -2.06. The van der Waals surface area contributed by atoms with E-state index in [-0.39, 0.29) is 5.91 Å². The van der Waals surface area contributed by atoms with Gasteiger partial charge in [0.2, 0.25) is 5.16 Å². The van der Waals surface area contributed by atoms with Crippen LogP contribution >= 0.6 is 23.4 Å².